The summed E-state index contributed by atoms with van der Waals surface area (Å²) in [5, 5.41) is 0. The van der Waals surface area contributed by atoms with Gasteiger partial charge in [0.15, 0.2) is 0 Å². The Hall–Kier alpha value is -3.01. The minimum atomic E-state index is -0.274. The molecule has 2 heterocycles. The van der Waals surface area contributed by atoms with Crippen molar-refractivity contribution in [3.63, 3.8) is 0 Å². The highest BCUT2D eigenvalue weighted by molar-refractivity contribution is 6.09. The number of benzene rings is 1. The molecule has 108 valence electrons. The van der Waals surface area contributed by atoms with Gasteiger partial charge in [0, 0.05) is 17.8 Å². The van der Waals surface area contributed by atoms with Crippen LogP contribution in [0.5, 0.6) is 0 Å². The Kier molecular flexibility index (Phi) is 3.66. The van der Waals surface area contributed by atoms with Crippen LogP contribution in [-0.2, 0) is 0 Å². The van der Waals surface area contributed by atoms with Crippen LogP contribution < -0.4 is 5.56 Å². The Morgan fingerprint density at radius 3 is 2.36 bits per heavy atom. The van der Waals surface area contributed by atoms with E-state index in [-0.39, 0.29) is 11.3 Å². The van der Waals surface area contributed by atoms with Crippen LogP contribution in [0.3, 0.4) is 0 Å². The summed E-state index contributed by atoms with van der Waals surface area (Å²) in [5.74, 6) is 0.247. The van der Waals surface area contributed by atoms with Crippen LogP contribution in [0.2, 0.25) is 0 Å². The van der Waals surface area contributed by atoms with Crippen molar-refractivity contribution in [1.82, 2.24) is 9.55 Å². The minimum absolute atomic E-state index is 0.193. The van der Waals surface area contributed by atoms with Crippen LogP contribution in [0.4, 0.5) is 0 Å². The molecule has 0 saturated heterocycles. The number of nitrogens with zero attached hydrogens (tertiary/aromatic N) is 2. The molecule has 0 saturated carbocycles. The van der Waals surface area contributed by atoms with Gasteiger partial charge in [-0.2, -0.15) is 0 Å². The molecule has 0 unspecified atom stereocenters. The number of aromatic nitrogens is 2. The highest BCUT2D eigenvalue weighted by Crippen LogP contribution is 2.15. The Labute approximate surface area is 127 Å². The second-order valence-corrected chi connectivity index (χ2v) is 4.92. The summed E-state index contributed by atoms with van der Waals surface area (Å²) >= 11 is 0. The Bertz CT molecular complexity index is 869. The van der Waals surface area contributed by atoms with Crippen LogP contribution in [0.25, 0.3) is 5.82 Å². The second-order valence-electron chi connectivity index (χ2n) is 4.92. The summed E-state index contributed by atoms with van der Waals surface area (Å²) in [5.41, 5.74) is 1.35. The molecule has 0 aliphatic heterocycles. The first-order chi connectivity index (χ1) is 10.7. The maximum atomic E-state index is 12.8. The number of ketones is 1. The molecule has 3 aromatic rings. The number of aryl methyl sites for hydroxylation is 1. The fourth-order valence-electron chi connectivity index (χ4n) is 2.36. The molecule has 0 fully saturated rings. The van der Waals surface area contributed by atoms with Crippen LogP contribution in [0.1, 0.15) is 21.6 Å². The van der Waals surface area contributed by atoms with Gasteiger partial charge in [0.2, 0.25) is 5.78 Å². The Morgan fingerprint density at radius 2 is 1.68 bits per heavy atom. The van der Waals surface area contributed by atoms with Crippen molar-refractivity contribution in [2.24, 2.45) is 0 Å². The Balaban J connectivity index is 2.26. The number of carbonyl (C=O) groups is 1. The third kappa shape index (κ3) is 2.46. The monoisotopic (exact) mass is 290 g/mol. The van der Waals surface area contributed by atoms with Crippen molar-refractivity contribution in [3.05, 3.63) is 94.0 Å². The van der Waals surface area contributed by atoms with Gasteiger partial charge in [0.25, 0.3) is 5.56 Å². The maximum Gasteiger partial charge on any atom is 0.256 e. The molecule has 0 atom stereocenters. The van der Waals surface area contributed by atoms with Gasteiger partial charge in [-0.3, -0.25) is 14.2 Å². The Morgan fingerprint density at radius 1 is 0.955 bits per heavy atom. The van der Waals surface area contributed by atoms with Crippen molar-refractivity contribution in [2.75, 3.05) is 0 Å². The van der Waals surface area contributed by atoms with E-state index < -0.39 is 0 Å². The van der Waals surface area contributed by atoms with Gasteiger partial charge in [-0.1, -0.05) is 42.5 Å². The van der Waals surface area contributed by atoms with E-state index in [1.54, 1.807) is 54.7 Å². The third-order valence-corrected chi connectivity index (χ3v) is 3.42. The largest absolute Gasteiger partial charge is 0.287 e. The number of rotatable bonds is 3. The molecule has 3 rings (SSSR count). The van der Waals surface area contributed by atoms with Gasteiger partial charge in [0.1, 0.15) is 11.5 Å². The van der Waals surface area contributed by atoms with E-state index in [1.165, 1.54) is 10.6 Å². The first-order valence-corrected chi connectivity index (χ1v) is 6.92. The first-order valence-electron chi connectivity index (χ1n) is 6.92. The van der Waals surface area contributed by atoms with E-state index in [9.17, 15) is 9.59 Å². The molecule has 4 nitrogen and oxygen atoms in total. The summed E-state index contributed by atoms with van der Waals surface area (Å²) in [6.45, 7) is 1.81. The van der Waals surface area contributed by atoms with E-state index in [0.29, 0.717) is 17.1 Å². The van der Waals surface area contributed by atoms with E-state index >= 15 is 0 Å². The number of hydrogen-bond acceptors (Lipinski definition) is 3. The number of carbonyl (C=O) groups excluding carboxylic acids is 1. The normalized spacial score (nSPS) is 10.4. The average molecular weight is 290 g/mol. The lowest BCUT2D eigenvalue weighted by molar-refractivity contribution is 0.103. The minimum Gasteiger partial charge on any atom is -0.287 e. The molecule has 0 N–H and O–H groups in total. The molecule has 0 aliphatic carbocycles. The molecule has 2 aromatic heterocycles. The van der Waals surface area contributed by atoms with Gasteiger partial charge >= 0.3 is 0 Å². The van der Waals surface area contributed by atoms with Gasteiger partial charge in [-0.25, -0.2) is 4.98 Å². The van der Waals surface area contributed by atoms with E-state index in [2.05, 4.69) is 4.98 Å². The lowest BCUT2D eigenvalue weighted by atomic mass is 10.0. The van der Waals surface area contributed by atoms with Crippen molar-refractivity contribution in [2.45, 2.75) is 6.92 Å². The quantitative estimate of drug-likeness (QED) is 0.697. The molecular formula is C18H14N2O2. The predicted octanol–water partition coefficient (Wildman–Crippen LogP) is 2.77. The molecule has 4 heteroatoms. The maximum absolute atomic E-state index is 12.8. The third-order valence-electron chi connectivity index (χ3n) is 3.42. The number of pyridine rings is 2. The molecule has 0 radical (unpaired) electrons. The predicted molar refractivity (Wildman–Crippen MR) is 84.4 cm³/mol. The van der Waals surface area contributed by atoms with Gasteiger partial charge < -0.3 is 0 Å². The van der Waals surface area contributed by atoms with E-state index in [1.807, 2.05) is 13.0 Å². The zero-order chi connectivity index (χ0) is 15.5. The van der Waals surface area contributed by atoms with Crippen molar-refractivity contribution >= 4 is 5.78 Å². The van der Waals surface area contributed by atoms with Crippen molar-refractivity contribution in [1.29, 1.82) is 0 Å². The fourth-order valence-corrected chi connectivity index (χ4v) is 2.36. The van der Waals surface area contributed by atoms with Crippen LogP contribution >= 0.6 is 0 Å². The summed E-state index contributed by atoms with van der Waals surface area (Å²) < 4.78 is 1.37. The SMILES string of the molecule is Cc1ccc(=O)n(-c2ccccn2)c1C(=O)c1ccccc1. The van der Waals surface area contributed by atoms with Crippen molar-refractivity contribution in [3.8, 4) is 5.82 Å². The van der Waals surface area contributed by atoms with Crippen molar-refractivity contribution < 1.29 is 4.79 Å². The van der Waals surface area contributed by atoms with Gasteiger partial charge in [-0.05, 0) is 24.6 Å². The topological polar surface area (TPSA) is 52.0 Å². The number of hydrogen-bond donors (Lipinski definition) is 0. The van der Waals surface area contributed by atoms with Crippen LogP contribution in [0, 0.1) is 6.92 Å². The summed E-state index contributed by atoms with van der Waals surface area (Å²) in [6.07, 6.45) is 1.60. The second kappa shape index (κ2) is 5.77. The molecule has 22 heavy (non-hydrogen) atoms. The molecular weight excluding hydrogens is 276 g/mol. The summed E-state index contributed by atoms with van der Waals surface area (Å²) in [7, 11) is 0. The molecule has 0 bridgehead atoms. The molecule has 1 aromatic carbocycles. The standard InChI is InChI=1S/C18H14N2O2/c1-13-10-11-16(21)20(15-9-5-6-12-19-15)17(13)18(22)14-7-3-2-4-8-14/h2-12H,1H3. The van der Waals surface area contributed by atoms with E-state index in [0.717, 1.165) is 5.56 Å². The molecule has 0 amide bonds. The lowest BCUT2D eigenvalue weighted by Crippen LogP contribution is -2.26. The first kappa shape index (κ1) is 13.9. The summed E-state index contributed by atoms with van der Waals surface area (Å²) in [6, 6.07) is 17.3. The van der Waals surface area contributed by atoms with Gasteiger partial charge in [-0.15, -0.1) is 0 Å². The molecule has 0 spiro atoms. The van der Waals surface area contributed by atoms with E-state index in [4.69, 9.17) is 0 Å². The zero-order valence-corrected chi connectivity index (χ0v) is 12.1. The smallest absolute Gasteiger partial charge is 0.256 e. The fraction of sp³-hybridized carbons (Fsp3) is 0.0556. The highest BCUT2D eigenvalue weighted by Gasteiger charge is 2.18. The lowest BCUT2D eigenvalue weighted by Gasteiger charge is -2.13. The summed E-state index contributed by atoms with van der Waals surface area (Å²) in [4.78, 5) is 29.3. The van der Waals surface area contributed by atoms with Crippen LogP contribution in [0.15, 0.2) is 71.7 Å². The average Bonchev–Trinajstić information content (AvgIpc) is 2.57. The molecule has 0 aliphatic rings. The van der Waals surface area contributed by atoms with Crippen LogP contribution in [-0.4, -0.2) is 15.3 Å². The van der Waals surface area contributed by atoms with Gasteiger partial charge in [0.05, 0.1) is 0 Å². The highest BCUT2D eigenvalue weighted by atomic mass is 16.1. The zero-order valence-electron chi connectivity index (χ0n) is 12.1.